The molecule has 0 fully saturated rings. The Morgan fingerprint density at radius 1 is 1.07 bits per heavy atom. The van der Waals surface area contributed by atoms with Crippen LogP contribution in [-0.2, 0) is 6.18 Å². The molecular formula is C20H22F3N5O. The van der Waals surface area contributed by atoms with Crippen LogP contribution in [0.3, 0.4) is 0 Å². The summed E-state index contributed by atoms with van der Waals surface area (Å²) < 4.78 is 40.3. The molecule has 0 aliphatic heterocycles. The normalized spacial score (nSPS) is 12.9. The molecule has 3 N–H and O–H groups in total. The van der Waals surface area contributed by atoms with Crippen LogP contribution in [0.4, 0.5) is 30.5 Å². The molecule has 1 unspecified atom stereocenters. The molecule has 0 saturated carbocycles. The largest absolute Gasteiger partial charge is 0.434 e. The second-order valence-electron chi connectivity index (χ2n) is 6.49. The molecule has 0 aliphatic rings. The van der Waals surface area contributed by atoms with Gasteiger partial charge in [-0.3, -0.25) is 4.90 Å². The van der Waals surface area contributed by atoms with Gasteiger partial charge in [-0.1, -0.05) is 31.2 Å². The highest BCUT2D eigenvalue weighted by Gasteiger charge is 2.35. The lowest BCUT2D eigenvalue weighted by molar-refractivity contribution is -0.139. The van der Waals surface area contributed by atoms with Crippen molar-refractivity contribution in [2.45, 2.75) is 26.3 Å². The van der Waals surface area contributed by atoms with Crippen LogP contribution >= 0.6 is 0 Å². The number of rotatable bonds is 7. The van der Waals surface area contributed by atoms with E-state index in [9.17, 15) is 18.3 Å². The van der Waals surface area contributed by atoms with Crippen molar-refractivity contribution in [2.75, 3.05) is 23.8 Å². The summed E-state index contributed by atoms with van der Waals surface area (Å²) in [6, 6.07) is 13.1. The van der Waals surface area contributed by atoms with Crippen molar-refractivity contribution in [1.82, 2.24) is 14.9 Å². The Morgan fingerprint density at radius 3 is 2.48 bits per heavy atom. The topological polar surface area (TPSA) is 73.3 Å². The number of halogens is 3. The van der Waals surface area contributed by atoms with E-state index in [1.54, 1.807) is 31.2 Å². The van der Waals surface area contributed by atoms with Crippen LogP contribution in [0, 0.1) is 0 Å². The van der Waals surface area contributed by atoms with Gasteiger partial charge in [-0.25, -0.2) is 9.97 Å². The smallest absolute Gasteiger partial charge is 0.379 e. The van der Waals surface area contributed by atoms with E-state index in [0.29, 0.717) is 18.9 Å². The van der Waals surface area contributed by atoms with E-state index in [0.717, 1.165) is 5.69 Å². The number of aliphatic hydroxyl groups excluding tert-OH is 1. The number of hydrogen-bond acceptors (Lipinski definition) is 6. The summed E-state index contributed by atoms with van der Waals surface area (Å²) >= 11 is 0. The summed E-state index contributed by atoms with van der Waals surface area (Å²) in [6.07, 6.45) is -5.19. The van der Waals surface area contributed by atoms with Gasteiger partial charge in [-0.2, -0.15) is 13.2 Å². The zero-order valence-electron chi connectivity index (χ0n) is 16.0. The van der Waals surface area contributed by atoms with Crippen molar-refractivity contribution < 1.29 is 18.3 Å². The minimum absolute atomic E-state index is 0.0428. The maximum atomic E-state index is 13.4. The molecule has 1 atom stereocenters. The minimum Gasteiger partial charge on any atom is -0.379 e. The number of fused-ring (bicyclic) bond motifs is 1. The van der Waals surface area contributed by atoms with Crippen molar-refractivity contribution in [3.8, 4) is 0 Å². The first-order chi connectivity index (χ1) is 13.8. The van der Waals surface area contributed by atoms with Crippen molar-refractivity contribution in [1.29, 1.82) is 0 Å². The molecule has 1 heterocycles. The number of hydrogen-bond donors (Lipinski definition) is 3. The molecule has 0 radical (unpaired) electrons. The summed E-state index contributed by atoms with van der Waals surface area (Å²) in [5.41, 5.74) is 0.516. The number of aromatic nitrogens is 2. The molecular weight excluding hydrogens is 383 g/mol. The lowest BCUT2D eigenvalue weighted by Gasteiger charge is -2.24. The summed E-state index contributed by atoms with van der Waals surface area (Å²) in [7, 11) is 0. The third-order valence-corrected chi connectivity index (χ3v) is 4.41. The Balaban J connectivity index is 1.84. The van der Waals surface area contributed by atoms with Crippen molar-refractivity contribution in [3.05, 3.63) is 54.2 Å². The first kappa shape index (κ1) is 20.8. The highest BCUT2D eigenvalue weighted by Crippen LogP contribution is 2.34. The van der Waals surface area contributed by atoms with Crippen molar-refractivity contribution in [2.24, 2.45) is 0 Å². The monoisotopic (exact) mass is 405 g/mol. The first-order valence-electron chi connectivity index (χ1n) is 9.15. The third-order valence-electron chi connectivity index (χ3n) is 4.41. The summed E-state index contributed by atoms with van der Waals surface area (Å²) in [5.74, 6) is -0.132. The lowest BCUT2D eigenvalue weighted by atomic mass is 10.2. The van der Waals surface area contributed by atoms with E-state index in [1.165, 1.54) is 18.2 Å². The van der Waals surface area contributed by atoms with Gasteiger partial charge in [0.2, 0.25) is 5.95 Å². The van der Waals surface area contributed by atoms with Gasteiger partial charge in [-0.05, 0) is 37.7 Å². The Labute approximate surface area is 166 Å². The van der Waals surface area contributed by atoms with Crippen LogP contribution in [-0.4, -0.2) is 39.4 Å². The Kier molecular flexibility index (Phi) is 6.19. The minimum atomic E-state index is -4.59. The molecule has 2 aromatic carbocycles. The van der Waals surface area contributed by atoms with Gasteiger partial charge in [0.15, 0.2) is 5.69 Å². The number of alkyl halides is 3. The van der Waals surface area contributed by atoms with Crippen molar-refractivity contribution in [3.63, 3.8) is 0 Å². The molecule has 9 heteroatoms. The Bertz CT molecular complexity index is 978. The fourth-order valence-electron chi connectivity index (χ4n) is 2.89. The molecule has 154 valence electrons. The van der Waals surface area contributed by atoms with Crippen molar-refractivity contribution >= 4 is 28.2 Å². The van der Waals surface area contributed by atoms with Crippen LogP contribution in [0.1, 0.15) is 19.5 Å². The number of anilines is 3. The predicted molar refractivity (Wildman–Crippen MR) is 107 cm³/mol. The van der Waals surface area contributed by atoms with E-state index < -0.39 is 18.1 Å². The fourth-order valence-corrected chi connectivity index (χ4v) is 2.89. The maximum Gasteiger partial charge on any atom is 0.434 e. The molecule has 3 rings (SSSR count). The Hall–Kier alpha value is -2.91. The number of benzene rings is 2. The molecule has 29 heavy (non-hydrogen) atoms. The van der Waals surface area contributed by atoms with Gasteiger partial charge < -0.3 is 15.7 Å². The molecule has 0 saturated heterocycles. The average Bonchev–Trinajstić information content (AvgIpc) is 2.67. The number of nitrogens with one attached hydrogen (secondary N) is 2. The summed E-state index contributed by atoms with van der Waals surface area (Å²) in [5, 5.41) is 15.7. The van der Waals surface area contributed by atoms with E-state index in [2.05, 4.69) is 20.6 Å². The fraction of sp³-hybridized carbons (Fsp3) is 0.300. The summed E-state index contributed by atoms with van der Waals surface area (Å²) in [4.78, 5) is 9.71. The second-order valence-corrected chi connectivity index (χ2v) is 6.49. The standard InChI is InChI=1S/C20H22F3N5O/c1-3-28(13(2)29)12-24-14-7-6-8-15(11-14)25-19-26-17-10-5-4-9-16(17)18(27-19)20(21,22)23/h4-11,13,24,29H,3,12H2,1-2H3,(H,25,26,27). The van der Waals surface area contributed by atoms with Gasteiger partial charge in [0, 0.05) is 16.8 Å². The van der Waals surface area contributed by atoms with Crippen LogP contribution in [0.2, 0.25) is 0 Å². The molecule has 6 nitrogen and oxygen atoms in total. The number of nitrogens with zero attached hydrogens (tertiary/aromatic N) is 3. The maximum absolute atomic E-state index is 13.4. The molecule has 1 aromatic heterocycles. The predicted octanol–water partition coefficient (Wildman–Crippen LogP) is 4.42. The SMILES string of the molecule is CCN(CNc1cccc(Nc2nc(C(F)(F)F)c3ccccc3n2)c1)C(C)O. The highest BCUT2D eigenvalue weighted by atomic mass is 19.4. The highest BCUT2D eigenvalue weighted by molar-refractivity contribution is 5.82. The molecule has 3 aromatic rings. The molecule has 0 aliphatic carbocycles. The van der Waals surface area contributed by atoms with Gasteiger partial charge in [0.1, 0.15) is 6.23 Å². The van der Waals surface area contributed by atoms with Gasteiger partial charge in [0.05, 0.1) is 12.2 Å². The lowest BCUT2D eigenvalue weighted by Crippen LogP contribution is -2.36. The van der Waals surface area contributed by atoms with Crippen LogP contribution in [0.25, 0.3) is 10.9 Å². The van der Waals surface area contributed by atoms with E-state index in [4.69, 9.17) is 0 Å². The second kappa shape index (κ2) is 8.62. The van der Waals surface area contributed by atoms with Crippen LogP contribution in [0.5, 0.6) is 0 Å². The number of para-hydroxylation sites is 1. The van der Waals surface area contributed by atoms with E-state index in [1.807, 2.05) is 17.9 Å². The molecule has 0 spiro atoms. The van der Waals surface area contributed by atoms with E-state index in [-0.39, 0.29) is 16.9 Å². The molecule has 0 bridgehead atoms. The quantitative estimate of drug-likeness (QED) is 0.506. The Morgan fingerprint density at radius 2 is 1.79 bits per heavy atom. The third kappa shape index (κ3) is 5.12. The first-order valence-corrected chi connectivity index (χ1v) is 9.15. The number of aliphatic hydroxyl groups is 1. The molecule has 0 amide bonds. The zero-order valence-corrected chi connectivity index (χ0v) is 16.0. The van der Waals surface area contributed by atoms with Crippen LogP contribution < -0.4 is 10.6 Å². The van der Waals surface area contributed by atoms with Gasteiger partial charge in [0.25, 0.3) is 0 Å². The zero-order chi connectivity index (χ0) is 21.0. The average molecular weight is 405 g/mol. The van der Waals surface area contributed by atoms with Crippen LogP contribution in [0.15, 0.2) is 48.5 Å². The van der Waals surface area contributed by atoms with Gasteiger partial charge >= 0.3 is 6.18 Å². The van der Waals surface area contributed by atoms with Gasteiger partial charge in [-0.15, -0.1) is 0 Å². The van der Waals surface area contributed by atoms with E-state index >= 15 is 0 Å². The summed E-state index contributed by atoms with van der Waals surface area (Å²) in [6.45, 7) is 4.69.